The molecule has 0 aromatic carbocycles. The molecule has 0 aliphatic carbocycles. The summed E-state index contributed by atoms with van der Waals surface area (Å²) in [4.78, 5) is 8.83. The Morgan fingerprint density at radius 2 is 2.06 bits per heavy atom. The molecule has 84 valence electrons. The number of aromatic nitrogens is 4. The standard InChI is InChI=1S/C12H16N4/c1-4-12(2,3)10-8-14-11(9-13-10)16-7-5-6-15-16/h5-9H,4H2,1-3H3. The van der Waals surface area contributed by atoms with E-state index in [1.54, 1.807) is 17.1 Å². The predicted molar refractivity (Wildman–Crippen MR) is 62.5 cm³/mol. The lowest BCUT2D eigenvalue weighted by atomic mass is 9.87. The second-order valence-corrected chi connectivity index (χ2v) is 4.45. The molecule has 0 bridgehead atoms. The van der Waals surface area contributed by atoms with Crippen LogP contribution in [0.4, 0.5) is 0 Å². The summed E-state index contributed by atoms with van der Waals surface area (Å²) in [6.45, 7) is 6.50. The van der Waals surface area contributed by atoms with Gasteiger partial charge in [0.2, 0.25) is 0 Å². The molecule has 0 spiro atoms. The number of hydrogen-bond donors (Lipinski definition) is 0. The van der Waals surface area contributed by atoms with Gasteiger partial charge in [-0.2, -0.15) is 5.10 Å². The molecule has 2 aromatic rings. The summed E-state index contributed by atoms with van der Waals surface area (Å²) in [5.74, 6) is 0.751. The third-order valence-corrected chi connectivity index (χ3v) is 2.95. The third kappa shape index (κ3) is 1.96. The van der Waals surface area contributed by atoms with Crippen molar-refractivity contribution in [2.45, 2.75) is 32.6 Å². The van der Waals surface area contributed by atoms with E-state index in [1.165, 1.54) is 0 Å². The van der Waals surface area contributed by atoms with E-state index in [2.05, 4.69) is 35.8 Å². The maximum absolute atomic E-state index is 4.45. The van der Waals surface area contributed by atoms with Crippen molar-refractivity contribution in [3.8, 4) is 5.82 Å². The lowest BCUT2D eigenvalue weighted by molar-refractivity contribution is 0.487. The fourth-order valence-corrected chi connectivity index (χ4v) is 1.37. The van der Waals surface area contributed by atoms with Gasteiger partial charge in [-0.3, -0.25) is 4.98 Å². The zero-order valence-corrected chi connectivity index (χ0v) is 9.88. The van der Waals surface area contributed by atoms with Gasteiger partial charge in [-0.15, -0.1) is 0 Å². The van der Waals surface area contributed by atoms with Crippen LogP contribution >= 0.6 is 0 Å². The third-order valence-electron chi connectivity index (χ3n) is 2.95. The van der Waals surface area contributed by atoms with Gasteiger partial charge in [0, 0.05) is 17.8 Å². The molecule has 0 amide bonds. The van der Waals surface area contributed by atoms with Crippen molar-refractivity contribution >= 4 is 0 Å². The van der Waals surface area contributed by atoms with Crippen molar-refractivity contribution in [1.82, 2.24) is 19.7 Å². The first kappa shape index (κ1) is 10.8. The average molecular weight is 216 g/mol. The van der Waals surface area contributed by atoms with E-state index in [9.17, 15) is 0 Å². The maximum atomic E-state index is 4.45. The largest absolute Gasteiger partial charge is 0.255 e. The van der Waals surface area contributed by atoms with E-state index in [4.69, 9.17) is 0 Å². The van der Waals surface area contributed by atoms with E-state index >= 15 is 0 Å². The van der Waals surface area contributed by atoms with E-state index in [0.717, 1.165) is 17.9 Å². The Balaban J connectivity index is 2.30. The van der Waals surface area contributed by atoms with Crippen LogP contribution in [0.5, 0.6) is 0 Å². The average Bonchev–Trinajstić information content (AvgIpc) is 2.83. The molecule has 16 heavy (non-hydrogen) atoms. The van der Waals surface area contributed by atoms with Crippen molar-refractivity contribution in [2.24, 2.45) is 0 Å². The smallest absolute Gasteiger partial charge is 0.171 e. The minimum absolute atomic E-state index is 0.0790. The first-order valence-corrected chi connectivity index (χ1v) is 5.46. The summed E-state index contributed by atoms with van der Waals surface area (Å²) in [7, 11) is 0. The molecule has 0 N–H and O–H groups in total. The number of nitrogens with zero attached hydrogens (tertiary/aromatic N) is 4. The molecule has 0 aliphatic rings. The lowest BCUT2D eigenvalue weighted by Crippen LogP contribution is -2.18. The first-order chi connectivity index (χ1) is 7.63. The van der Waals surface area contributed by atoms with Crippen LogP contribution in [-0.2, 0) is 5.41 Å². The van der Waals surface area contributed by atoms with E-state index in [1.807, 2.05) is 18.5 Å². The Hall–Kier alpha value is -1.71. The molecule has 0 radical (unpaired) electrons. The Labute approximate surface area is 95.4 Å². The molecule has 0 atom stereocenters. The van der Waals surface area contributed by atoms with Crippen molar-refractivity contribution in [3.05, 3.63) is 36.5 Å². The number of hydrogen-bond acceptors (Lipinski definition) is 3. The van der Waals surface area contributed by atoms with Crippen molar-refractivity contribution in [2.75, 3.05) is 0 Å². The van der Waals surface area contributed by atoms with Crippen molar-refractivity contribution in [3.63, 3.8) is 0 Å². The number of rotatable bonds is 3. The van der Waals surface area contributed by atoms with Gasteiger partial charge >= 0.3 is 0 Å². The lowest BCUT2D eigenvalue weighted by Gasteiger charge is -2.21. The normalized spacial score (nSPS) is 11.7. The molecular formula is C12H16N4. The monoisotopic (exact) mass is 216 g/mol. The minimum atomic E-state index is 0.0790. The fraction of sp³-hybridized carbons (Fsp3) is 0.417. The quantitative estimate of drug-likeness (QED) is 0.791. The zero-order chi connectivity index (χ0) is 11.6. The summed E-state index contributed by atoms with van der Waals surface area (Å²) >= 11 is 0. The van der Waals surface area contributed by atoms with Gasteiger partial charge < -0.3 is 0 Å². The summed E-state index contributed by atoms with van der Waals surface area (Å²) in [6, 6.07) is 1.87. The van der Waals surface area contributed by atoms with Gasteiger partial charge in [-0.25, -0.2) is 9.67 Å². The molecule has 2 rings (SSSR count). The van der Waals surface area contributed by atoms with Crippen LogP contribution in [0.15, 0.2) is 30.9 Å². The highest BCUT2D eigenvalue weighted by Crippen LogP contribution is 2.23. The van der Waals surface area contributed by atoms with Crippen molar-refractivity contribution < 1.29 is 0 Å². The Morgan fingerprint density at radius 3 is 2.56 bits per heavy atom. The Morgan fingerprint density at radius 1 is 1.25 bits per heavy atom. The van der Waals surface area contributed by atoms with Gasteiger partial charge in [0.15, 0.2) is 5.82 Å². The summed E-state index contributed by atoms with van der Waals surface area (Å²) < 4.78 is 1.70. The van der Waals surface area contributed by atoms with E-state index in [0.29, 0.717) is 0 Å². The first-order valence-electron chi connectivity index (χ1n) is 5.46. The summed E-state index contributed by atoms with van der Waals surface area (Å²) in [5, 5.41) is 4.11. The fourth-order valence-electron chi connectivity index (χ4n) is 1.37. The van der Waals surface area contributed by atoms with Gasteiger partial charge in [0.05, 0.1) is 18.1 Å². The van der Waals surface area contributed by atoms with Crippen LogP contribution in [0.1, 0.15) is 32.9 Å². The van der Waals surface area contributed by atoms with E-state index < -0.39 is 0 Å². The maximum Gasteiger partial charge on any atom is 0.171 e. The highest BCUT2D eigenvalue weighted by molar-refractivity contribution is 5.20. The topological polar surface area (TPSA) is 43.6 Å². The Bertz CT molecular complexity index is 442. The SMILES string of the molecule is CCC(C)(C)c1cnc(-n2cccn2)cn1. The molecule has 0 aliphatic heterocycles. The summed E-state index contributed by atoms with van der Waals surface area (Å²) in [6.07, 6.45) is 8.23. The molecule has 0 saturated carbocycles. The molecule has 0 saturated heterocycles. The van der Waals surface area contributed by atoms with E-state index in [-0.39, 0.29) is 5.41 Å². The highest BCUT2D eigenvalue weighted by Gasteiger charge is 2.19. The second-order valence-electron chi connectivity index (χ2n) is 4.45. The van der Waals surface area contributed by atoms with Crippen molar-refractivity contribution in [1.29, 1.82) is 0 Å². The Kier molecular flexibility index (Phi) is 2.73. The van der Waals surface area contributed by atoms with Crippen LogP contribution < -0.4 is 0 Å². The predicted octanol–water partition coefficient (Wildman–Crippen LogP) is 2.35. The van der Waals surface area contributed by atoms with Gasteiger partial charge in [0.25, 0.3) is 0 Å². The zero-order valence-electron chi connectivity index (χ0n) is 9.88. The van der Waals surface area contributed by atoms with Crippen LogP contribution in [0.25, 0.3) is 5.82 Å². The second kappa shape index (κ2) is 4.04. The molecule has 0 unspecified atom stereocenters. The van der Waals surface area contributed by atoms with Gasteiger partial charge in [0.1, 0.15) is 0 Å². The van der Waals surface area contributed by atoms with Crippen LogP contribution in [0.3, 0.4) is 0 Å². The van der Waals surface area contributed by atoms with Crippen LogP contribution in [-0.4, -0.2) is 19.7 Å². The molecule has 4 heteroatoms. The van der Waals surface area contributed by atoms with Crippen LogP contribution in [0, 0.1) is 0 Å². The molecular weight excluding hydrogens is 200 g/mol. The molecule has 2 aromatic heterocycles. The van der Waals surface area contributed by atoms with Gasteiger partial charge in [-0.1, -0.05) is 20.8 Å². The van der Waals surface area contributed by atoms with Gasteiger partial charge in [-0.05, 0) is 12.5 Å². The molecule has 2 heterocycles. The minimum Gasteiger partial charge on any atom is -0.255 e. The van der Waals surface area contributed by atoms with Crippen LogP contribution in [0.2, 0.25) is 0 Å². The molecule has 4 nitrogen and oxygen atoms in total. The molecule has 0 fully saturated rings. The highest BCUT2D eigenvalue weighted by atomic mass is 15.3. The summed E-state index contributed by atoms with van der Waals surface area (Å²) in [5.41, 5.74) is 1.10.